The molecule has 1 aliphatic carbocycles. The molecule has 0 bridgehead atoms. The molecule has 2 aromatic heterocycles. The quantitative estimate of drug-likeness (QED) is 0.275. The van der Waals surface area contributed by atoms with Gasteiger partial charge in [-0.2, -0.15) is 0 Å². The van der Waals surface area contributed by atoms with Crippen LogP contribution in [0.4, 0.5) is 0 Å². The van der Waals surface area contributed by atoms with Crippen molar-refractivity contribution in [1.29, 1.82) is 0 Å². The fourth-order valence-electron chi connectivity index (χ4n) is 5.31. The van der Waals surface area contributed by atoms with E-state index in [0.717, 1.165) is 33.2 Å². The van der Waals surface area contributed by atoms with Gasteiger partial charge in [-0.25, -0.2) is 0 Å². The Bertz CT molecular complexity index is 1570. The second-order valence-corrected chi connectivity index (χ2v) is 12.4. The molecule has 0 radical (unpaired) electrons. The van der Waals surface area contributed by atoms with Crippen molar-refractivity contribution < 1.29 is 19.2 Å². The Morgan fingerprint density at radius 2 is 1.83 bits per heavy atom. The highest BCUT2D eigenvalue weighted by atomic mass is 35.5. The molecule has 2 aliphatic rings. The minimum atomic E-state index is -0.573. The monoisotopic (exact) mass is 608 g/mol. The Kier molecular flexibility index (Phi) is 8.98. The number of nitrogens with zero attached hydrogens (tertiary/aromatic N) is 4. The van der Waals surface area contributed by atoms with Gasteiger partial charge in [0.05, 0.1) is 24.6 Å². The van der Waals surface area contributed by atoms with Crippen molar-refractivity contribution in [3.63, 3.8) is 0 Å². The molecular weight excluding hydrogens is 576 g/mol. The number of benzene rings is 1. The third-order valence-electron chi connectivity index (χ3n) is 7.70. The maximum absolute atomic E-state index is 13.1. The van der Waals surface area contributed by atoms with Crippen LogP contribution in [0.1, 0.15) is 84.2 Å². The molecule has 3 aromatic rings. The van der Waals surface area contributed by atoms with Gasteiger partial charge in [0.2, 0.25) is 11.8 Å². The number of unbranched alkanes of at least 4 members (excludes halogenated alkanes) is 1. The molecule has 2 amide bonds. The summed E-state index contributed by atoms with van der Waals surface area (Å²) in [6.45, 7) is 6.46. The third-order valence-corrected chi connectivity index (χ3v) is 9.14. The number of aryl methyl sites for hydroxylation is 2. The number of hydrogen-bond acceptors (Lipinski definition) is 8. The third kappa shape index (κ3) is 6.37. The summed E-state index contributed by atoms with van der Waals surface area (Å²) in [5.74, 6) is 0.651. The van der Waals surface area contributed by atoms with Gasteiger partial charge in [0, 0.05) is 40.4 Å². The van der Waals surface area contributed by atoms with Crippen molar-refractivity contribution in [2.45, 2.75) is 77.8 Å². The van der Waals surface area contributed by atoms with Crippen LogP contribution in [0.2, 0.25) is 5.02 Å². The van der Waals surface area contributed by atoms with Crippen LogP contribution in [0.15, 0.2) is 29.3 Å². The molecule has 3 heterocycles. The van der Waals surface area contributed by atoms with E-state index in [2.05, 4.69) is 34.7 Å². The van der Waals surface area contributed by atoms with E-state index < -0.39 is 12.1 Å². The number of aliphatic imine (C=N–C) groups is 1. The number of carbonyl (C=O) groups excluding carboxylic acids is 4. The van der Waals surface area contributed by atoms with Crippen LogP contribution in [0, 0.1) is 20.8 Å². The standard InChI is InChI=1S/C30H33ClN6O4S/c1-16-17(2)42-30-27(16)28(19-7-9-20(31)10-8-19)34-23(29-36-35-18(3)37(29)30)15-26(41)32-13-5-4-6-25(40)33-22-12-11-21(38)14-24(22)39/h7-10,22-23H,4-6,11-15H2,1-3H3,(H,32,41)(H,33,40)/t22?,23-/m1/s1. The number of amides is 2. The Labute approximate surface area is 253 Å². The molecule has 10 nitrogen and oxygen atoms in total. The molecule has 0 saturated heterocycles. The highest BCUT2D eigenvalue weighted by Gasteiger charge is 2.32. The van der Waals surface area contributed by atoms with Crippen molar-refractivity contribution in [3.05, 3.63) is 62.5 Å². The summed E-state index contributed by atoms with van der Waals surface area (Å²) in [6, 6.07) is 6.42. The Balaban J connectivity index is 1.24. The highest BCUT2D eigenvalue weighted by molar-refractivity contribution is 7.15. The Hall–Kier alpha value is -3.70. The predicted molar refractivity (Wildman–Crippen MR) is 161 cm³/mol. The van der Waals surface area contributed by atoms with E-state index in [4.69, 9.17) is 16.6 Å². The number of carbonyl (C=O) groups is 4. The van der Waals surface area contributed by atoms with Crippen molar-refractivity contribution in [2.24, 2.45) is 4.99 Å². The van der Waals surface area contributed by atoms with E-state index in [1.54, 1.807) is 11.3 Å². The highest BCUT2D eigenvalue weighted by Crippen LogP contribution is 2.39. The number of rotatable bonds is 9. The molecule has 1 unspecified atom stereocenters. The van der Waals surface area contributed by atoms with E-state index >= 15 is 0 Å². The van der Waals surface area contributed by atoms with Gasteiger partial charge in [-0.05, 0) is 57.7 Å². The molecule has 2 atom stereocenters. The predicted octanol–water partition coefficient (Wildman–Crippen LogP) is 4.28. The number of Topliss-reactive ketones (excluding diaryl/α,β-unsaturated/α-hetero) is 2. The Morgan fingerprint density at radius 3 is 2.57 bits per heavy atom. The smallest absolute Gasteiger partial charge is 0.222 e. The number of thiophene rings is 1. The summed E-state index contributed by atoms with van der Waals surface area (Å²) < 4.78 is 2.01. The van der Waals surface area contributed by atoms with Crippen LogP contribution < -0.4 is 10.6 Å². The molecule has 220 valence electrons. The van der Waals surface area contributed by atoms with E-state index in [9.17, 15) is 19.2 Å². The largest absolute Gasteiger partial charge is 0.356 e. The lowest BCUT2D eigenvalue weighted by Gasteiger charge is -2.20. The van der Waals surface area contributed by atoms with E-state index in [1.165, 1.54) is 4.88 Å². The molecule has 1 aromatic carbocycles. The summed E-state index contributed by atoms with van der Waals surface area (Å²) >= 11 is 7.83. The molecule has 0 spiro atoms. The molecule has 1 aliphatic heterocycles. The number of nitrogens with one attached hydrogen (secondary N) is 2. The van der Waals surface area contributed by atoms with Gasteiger partial charge in [-0.3, -0.25) is 28.7 Å². The minimum absolute atomic E-state index is 0.0753. The maximum atomic E-state index is 13.1. The first kappa shape index (κ1) is 29.8. The zero-order chi connectivity index (χ0) is 30.0. The average molecular weight is 609 g/mol. The molecule has 1 fully saturated rings. The number of aromatic nitrogens is 3. The molecule has 2 N–H and O–H groups in total. The number of fused-ring (bicyclic) bond motifs is 3. The molecule has 12 heteroatoms. The molecular formula is C30H33ClN6O4S. The fourth-order valence-corrected chi connectivity index (χ4v) is 6.65. The van der Waals surface area contributed by atoms with Gasteiger partial charge < -0.3 is 10.6 Å². The summed E-state index contributed by atoms with van der Waals surface area (Å²) in [5, 5.41) is 16.1. The maximum Gasteiger partial charge on any atom is 0.222 e. The second kappa shape index (κ2) is 12.7. The zero-order valence-electron chi connectivity index (χ0n) is 23.8. The van der Waals surface area contributed by atoms with Crippen LogP contribution in [-0.4, -0.2) is 56.4 Å². The first-order chi connectivity index (χ1) is 20.1. The van der Waals surface area contributed by atoms with Gasteiger partial charge in [0.25, 0.3) is 0 Å². The van der Waals surface area contributed by atoms with Crippen LogP contribution in [0.3, 0.4) is 0 Å². The SMILES string of the molecule is Cc1sc2c(c1C)C(c1ccc(Cl)cc1)=N[C@H](CC(=O)NCCCCC(=O)NC1CCC(=O)CC1=O)c1nnc(C)n1-2. The summed E-state index contributed by atoms with van der Waals surface area (Å²) in [5.41, 5.74) is 3.83. The first-order valence-electron chi connectivity index (χ1n) is 14.1. The van der Waals surface area contributed by atoms with Crippen LogP contribution in [0.25, 0.3) is 5.00 Å². The molecule has 1 saturated carbocycles. The average Bonchev–Trinajstić information content (AvgIpc) is 3.42. The molecule has 5 rings (SSSR count). The van der Waals surface area contributed by atoms with Crippen LogP contribution in [-0.2, 0) is 19.2 Å². The van der Waals surface area contributed by atoms with Crippen LogP contribution in [0.5, 0.6) is 0 Å². The van der Waals surface area contributed by atoms with Gasteiger partial charge >= 0.3 is 0 Å². The van der Waals surface area contributed by atoms with E-state index in [0.29, 0.717) is 43.1 Å². The lowest BCUT2D eigenvalue weighted by Crippen LogP contribution is -2.44. The van der Waals surface area contributed by atoms with Gasteiger partial charge in [-0.1, -0.05) is 23.7 Å². The van der Waals surface area contributed by atoms with Crippen LogP contribution >= 0.6 is 22.9 Å². The lowest BCUT2D eigenvalue weighted by molar-refractivity contribution is -0.134. The summed E-state index contributed by atoms with van der Waals surface area (Å²) in [4.78, 5) is 55.0. The first-order valence-corrected chi connectivity index (χ1v) is 15.3. The van der Waals surface area contributed by atoms with E-state index in [-0.39, 0.29) is 42.6 Å². The summed E-state index contributed by atoms with van der Waals surface area (Å²) in [7, 11) is 0. The number of hydrogen-bond donors (Lipinski definition) is 2. The van der Waals surface area contributed by atoms with Crippen molar-refractivity contribution >= 4 is 52.0 Å². The zero-order valence-corrected chi connectivity index (χ0v) is 25.4. The topological polar surface area (TPSA) is 135 Å². The van der Waals surface area contributed by atoms with Crippen molar-refractivity contribution in [2.75, 3.05) is 6.54 Å². The van der Waals surface area contributed by atoms with Gasteiger partial charge in [0.15, 0.2) is 11.6 Å². The number of ketones is 2. The summed E-state index contributed by atoms with van der Waals surface area (Å²) in [6.07, 6.45) is 2.07. The van der Waals surface area contributed by atoms with Gasteiger partial charge in [-0.15, -0.1) is 21.5 Å². The lowest BCUT2D eigenvalue weighted by atomic mass is 9.93. The minimum Gasteiger partial charge on any atom is -0.356 e. The van der Waals surface area contributed by atoms with Crippen molar-refractivity contribution in [3.8, 4) is 5.00 Å². The van der Waals surface area contributed by atoms with Gasteiger partial charge in [0.1, 0.15) is 22.7 Å². The Morgan fingerprint density at radius 1 is 1.07 bits per heavy atom. The van der Waals surface area contributed by atoms with Crippen molar-refractivity contribution in [1.82, 2.24) is 25.4 Å². The number of halogens is 1. The van der Waals surface area contributed by atoms with E-state index in [1.807, 2.05) is 35.8 Å². The fraction of sp³-hybridized carbons (Fsp3) is 0.433. The molecule has 42 heavy (non-hydrogen) atoms. The second-order valence-electron chi connectivity index (χ2n) is 10.8. The normalized spacial score (nSPS) is 18.1.